The summed E-state index contributed by atoms with van der Waals surface area (Å²) in [5.74, 6) is 1.52. The lowest BCUT2D eigenvalue weighted by Crippen LogP contribution is -2.31. The maximum absolute atomic E-state index is 12.3. The zero-order valence-electron chi connectivity index (χ0n) is 16.0. The predicted molar refractivity (Wildman–Crippen MR) is 108 cm³/mol. The highest BCUT2D eigenvalue weighted by Gasteiger charge is 2.16. The fourth-order valence-corrected chi connectivity index (χ4v) is 3.46. The fourth-order valence-electron chi connectivity index (χ4n) is 3.46. The van der Waals surface area contributed by atoms with Crippen molar-refractivity contribution in [3.05, 3.63) is 66.0 Å². The predicted octanol–water partition coefficient (Wildman–Crippen LogP) is 4.71. The average molecular weight is 364 g/mol. The summed E-state index contributed by atoms with van der Waals surface area (Å²) >= 11 is 0. The Kier molecular flexibility index (Phi) is 7.03. The number of hydrogen-bond acceptors (Lipinski definition) is 3. The first-order valence-corrected chi connectivity index (χ1v) is 9.76. The number of carbonyl (C=O) groups excluding carboxylic acids is 1. The summed E-state index contributed by atoms with van der Waals surface area (Å²) in [6.07, 6.45) is 11.7. The second kappa shape index (κ2) is 9.91. The van der Waals surface area contributed by atoms with Crippen LogP contribution < -0.4 is 4.74 Å². The van der Waals surface area contributed by atoms with Crippen LogP contribution >= 0.6 is 0 Å². The molecule has 4 heteroatoms. The first-order valence-electron chi connectivity index (χ1n) is 9.76. The van der Waals surface area contributed by atoms with E-state index in [9.17, 15) is 4.79 Å². The van der Waals surface area contributed by atoms with Crippen molar-refractivity contribution in [2.75, 3.05) is 13.6 Å². The summed E-state index contributed by atoms with van der Waals surface area (Å²) in [6.45, 7) is 1.31. The Labute approximate surface area is 161 Å². The van der Waals surface area contributed by atoms with E-state index in [4.69, 9.17) is 4.74 Å². The summed E-state index contributed by atoms with van der Waals surface area (Å²) in [6, 6.07) is 13.5. The number of carbonyl (C=O) groups is 1. The van der Waals surface area contributed by atoms with E-state index in [1.807, 2.05) is 60.5 Å². The van der Waals surface area contributed by atoms with Gasteiger partial charge in [0.25, 0.3) is 0 Å². The monoisotopic (exact) mass is 364 g/mol. The molecule has 27 heavy (non-hydrogen) atoms. The van der Waals surface area contributed by atoms with Crippen molar-refractivity contribution in [2.24, 2.45) is 5.92 Å². The van der Waals surface area contributed by atoms with E-state index in [-0.39, 0.29) is 5.91 Å². The molecule has 0 bridgehead atoms. The van der Waals surface area contributed by atoms with Gasteiger partial charge in [-0.25, -0.2) is 0 Å². The topological polar surface area (TPSA) is 42.4 Å². The smallest absolute Gasteiger partial charge is 0.246 e. The van der Waals surface area contributed by atoms with Crippen LogP contribution in [0.2, 0.25) is 0 Å². The van der Waals surface area contributed by atoms with Gasteiger partial charge in [0.2, 0.25) is 5.91 Å². The van der Waals surface area contributed by atoms with E-state index < -0.39 is 0 Å². The van der Waals surface area contributed by atoms with Crippen LogP contribution in [-0.4, -0.2) is 29.4 Å². The lowest BCUT2D eigenvalue weighted by atomic mass is 9.89. The van der Waals surface area contributed by atoms with Gasteiger partial charge in [0.05, 0.1) is 5.69 Å². The van der Waals surface area contributed by atoms with Crippen molar-refractivity contribution in [2.45, 2.75) is 38.7 Å². The van der Waals surface area contributed by atoms with Gasteiger partial charge in [-0.3, -0.25) is 9.78 Å². The molecule has 1 aromatic heterocycles. The molecule has 0 aliphatic heterocycles. The first-order chi connectivity index (χ1) is 13.2. The van der Waals surface area contributed by atoms with Crippen LogP contribution in [0.15, 0.2) is 54.7 Å². The minimum absolute atomic E-state index is 0.0658. The summed E-state index contributed by atoms with van der Waals surface area (Å²) in [4.78, 5) is 18.4. The third-order valence-electron chi connectivity index (χ3n) is 5.04. The van der Waals surface area contributed by atoms with E-state index in [1.54, 1.807) is 12.3 Å². The molecular formula is C23H28N2O2. The third-order valence-corrected chi connectivity index (χ3v) is 5.04. The van der Waals surface area contributed by atoms with Gasteiger partial charge in [-0.1, -0.05) is 37.5 Å². The minimum atomic E-state index is 0.0658. The lowest BCUT2D eigenvalue weighted by molar-refractivity contribution is -0.125. The number of pyridine rings is 1. The SMILES string of the molecule is CN(CC1CCCCC1)C(=O)/C=C/c1ccc(OCc2ccccn2)cc1. The number of hydrogen-bond donors (Lipinski definition) is 0. The Hall–Kier alpha value is -2.62. The van der Waals surface area contributed by atoms with Crippen molar-refractivity contribution in [3.8, 4) is 5.75 Å². The highest BCUT2D eigenvalue weighted by molar-refractivity contribution is 5.91. The van der Waals surface area contributed by atoms with Gasteiger partial charge in [0.15, 0.2) is 0 Å². The van der Waals surface area contributed by atoms with Crippen LogP contribution in [0.4, 0.5) is 0 Å². The Morgan fingerprint density at radius 2 is 1.93 bits per heavy atom. The number of ether oxygens (including phenoxy) is 1. The molecule has 142 valence electrons. The molecule has 4 nitrogen and oxygen atoms in total. The number of rotatable bonds is 7. The molecule has 1 heterocycles. The number of nitrogens with zero attached hydrogens (tertiary/aromatic N) is 2. The second-order valence-electron chi connectivity index (χ2n) is 7.23. The van der Waals surface area contributed by atoms with Gasteiger partial charge in [-0.15, -0.1) is 0 Å². The highest BCUT2D eigenvalue weighted by Crippen LogP contribution is 2.24. The van der Waals surface area contributed by atoms with Gasteiger partial charge in [0.1, 0.15) is 12.4 Å². The Bertz CT molecular complexity index is 735. The molecule has 1 aliphatic rings. The fraction of sp³-hybridized carbons (Fsp3) is 0.391. The summed E-state index contributed by atoms with van der Waals surface area (Å²) < 4.78 is 5.73. The molecule has 0 radical (unpaired) electrons. The zero-order valence-corrected chi connectivity index (χ0v) is 16.0. The van der Waals surface area contributed by atoms with E-state index >= 15 is 0 Å². The van der Waals surface area contributed by atoms with Crippen LogP contribution in [-0.2, 0) is 11.4 Å². The molecule has 1 saturated carbocycles. The average Bonchev–Trinajstić information content (AvgIpc) is 2.72. The highest BCUT2D eigenvalue weighted by atomic mass is 16.5. The zero-order chi connectivity index (χ0) is 18.9. The Morgan fingerprint density at radius 3 is 2.63 bits per heavy atom. The number of amides is 1. The van der Waals surface area contributed by atoms with Crippen LogP contribution in [0.1, 0.15) is 43.4 Å². The van der Waals surface area contributed by atoms with Crippen molar-refractivity contribution in [1.82, 2.24) is 9.88 Å². The summed E-state index contributed by atoms with van der Waals surface area (Å²) in [5.41, 5.74) is 1.88. The molecule has 1 aromatic carbocycles. The lowest BCUT2D eigenvalue weighted by Gasteiger charge is -2.26. The third kappa shape index (κ3) is 6.24. The largest absolute Gasteiger partial charge is 0.487 e. The van der Waals surface area contributed by atoms with E-state index in [0.29, 0.717) is 12.5 Å². The van der Waals surface area contributed by atoms with Crippen molar-refractivity contribution < 1.29 is 9.53 Å². The van der Waals surface area contributed by atoms with Crippen LogP contribution in [0.5, 0.6) is 5.75 Å². The maximum Gasteiger partial charge on any atom is 0.246 e. The van der Waals surface area contributed by atoms with Gasteiger partial charge in [-0.05, 0) is 54.7 Å². The van der Waals surface area contributed by atoms with E-state index in [2.05, 4.69) is 4.98 Å². The normalized spacial score (nSPS) is 15.0. The molecule has 1 amide bonds. The molecule has 0 N–H and O–H groups in total. The van der Waals surface area contributed by atoms with Gasteiger partial charge in [0, 0.05) is 25.9 Å². The van der Waals surface area contributed by atoms with Crippen LogP contribution in [0.25, 0.3) is 6.08 Å². The van der Waals surface area contributed by atoms with Crippen LogP contribution in [0.3, 0.4) is 0 Å². The summed E-state index contributed by atoms with van der Waals surface area (Å²) in [7, 11) is 1.90. The minimum Gasteiger partial charge on any atom is -0.487 e. The molecule has 0 atom stereocenters. The number of aromatic nitrogens is 1. The number of likely N-dealkylation sites (N-methyl/N-ethyl adjacent to an activating group) is 1. The van der Waals surface area contributed by atoms with Crippen molar-refractivity contribution >= 4 is 12.0 Å². The van der Waals surface area contributed by atoms with Crippen LogP contribution in [0, 0.1) is 5.92 Å². The molecule has 0 spiro atoms. The molecule has 1 aliphatic carbocycles. The van der Waals surface area contributed by atoms with Gasteiger partial charge < -0.3 is 9.64 Å². The molecule has 0 saturated heterocycles. The number of benzene rings is 1. The Balaban J connectivity index is 1.47. The van der Waals surface area contributed by atoms with Crippen molar-refractivity contribution in [3.63, 3.8) is 0 Å². The maximum atomic E-state index is 12.3. The summed E-state index contributed by atoms with van der Waals surface area (Å²) in [5, 5.41) is 0. The molecular weight excluding hydrogens is 336 g/mol. The van der Waals surface area contributed by atoms with E-state index in [0.717, 1.165) is 23.6 Å². The first kappa shape index (κ1) is 19.2. The molecule has 0 unspecified atom stereocenters. The van der Waals surface area contributed by atoms with E-state index in [1.165, 1.54) is 32.1 Å². The standard InChI is InChI=1S/C23H28N2O2/c1-25(17-20-7-3-2-4-8-20)23(26)15-12-19-10-13-22(14-11-19)27-18-21-9-5-6-16-24-21/h5-6,9-16,20H,2-4,7-8,17-18H2,1H3/b15-12+. The van der Waals surface area contributed by atoms with Gasteiger partial charge in [-0.2, -0.15) is 0 Å². The second-order valence-corrected chi connectivity index (χ2v) is 7.23. The molecule has 3 rings (SSSR count). The molecule has 1 fully saturated rings. The molecule has 2 aromatic rings. The van der Waals surface area contributed by atoms with Gasteiger partial charge >= 0.3 is 0 Å². The Morgan fingerprint density at radius 1 is 1.15 bits per heavy atom. The quantitative estimate of drug-likeness (QED) is 0.668. The van der Waals surface area contributed by atoms with Crippen molar-refractivity contribution in [1.29, 1.82) is 0 Å².